The molecule has 3 unspecified atom stereocenters. The molecule has 3 atom stereocenters. The van der Waals surface area contributed by atoms with Crippen LogP contribution in [0.1, 0.15) is 30.1 Å². The number of halogens is 4. The maximum absolute atomic E-state index is 13.3. The summed E-state index contributed by atoms with van der Waals surface area (Å²) in [6, 6.07) is 4.89. The third-order valence-corrected chi connectivity index (χ3v) is 7.49. The Kier molecular flexibility index (Phi) is 4.79. The molecule has 1 saturated heterocycles. The van der Waals surface area contributed by atoms with Gasteiger partial charge in [0, 0.05) is 34.8 Å². The first kappa shape index (κ1) is 19.5. The summed E-state index contributed by atoms with van der Waals surface area (Å²) in [5.41, 5.74) is 1.56. The van der Waals surface area contributed by atoms with E-state index in [1.54, 1.807) is 6.20 Å². The summed E-state index contributed by atoms with van der Waals surface area (Å²) in [6.07, 6.45) is -0.463. The lowest BCUT2D eigenvalue weighted by Gasteiger charge is -2.46. The largest absolute Gasteiger partial charge is 0.409 e. The van der Waals surface area contributed by atoms with Gasteiger partial charge < -0.3 is 0 Å². The van der Waals surface area contributed by atoms with Crippen molar-refractivity contribution < 1.29 is 21.6 Å². The third kappa shape index (κ3) is 3.58. The average Bonchev–Trinajstić information content (AvgIpc) is 3.07. The van der Waals surface area contributed by atoms with Crippen LogP contribution < -0.4 is 0 Å². The molecule has 1 fully saturated rings. The second kappa shape index (κ2) is 6.89. The molecule has 0 radical (unpaired) electrons. The van der Waals surface area contributed by atoms with E-state index >= 15 is 0 Å². The van der Waals surface area contributed by atoms with Gasteiger partial charge in [0.1, 0.15) is 0 Å². The molecule has 0 spiro atoms. The molecule has 150 valence electrons. The molecule has 1 aromatic carbocycles. The molecule has 0 saturated carbocycles. The Morgan fingerprint density at radius 3 is 2.61 bits per heavy atom. The molecule has 2 aliphatic heterocycles. The Morgan fingerprint density at radius 2 is 1.93 bits per heavy atom. The molecule has 28 heavy (non-hydrogen) atoms. The van der Waals surface area contributed by atoms with Crippen molar-refractivity contribution in [3.63, 3.8) is 0 Å². The first-order chi connectivity index (χ1) is 13.1. The smallest absolute Gasteiger partial charge is 0.282 e. The highest BCUT2D eigenvalue weighted by atomic mass is 35.5. The van der Waals surface area contributed by atoms with E-state index in [4.69, 9.17) is 11.6 Å². The van der Waals surface area contributed by atoms with Gasteiger partial charge in [0.25, 0.3) is 0 Å². The Bertz CT molecular complexity index is 1000. The van der Waals surface area contributed by atoms with E-state index in [1.807, 2.05) is 0 Å². The zero-order valence-corrected chi connectivity index (χ0v) is 16.1. The van der Waals surface area contributed by atoms with Gasteiger partial charge >= 0.3 is 6.18 Å². The molecule has 2 aromatic rings. The fourth-order valence-electron chi connectivity index (χ4n) is 4.13. The topological polar surface area (TPSA) is 66.1 Å². The van der Waals surface area contributed by atoms with Crippen molar-refractivity contribution in [3.05, 3.63) is 58.9 Å². The molecule has 10 heteroatoms. The van der Waals surface area contributed by atoms with Crippen LogP contribution in [0.4, 0.5) is 13.2 Å². The summed E-state index contributed by atoms with van der Waals surface area (Å²) >= 11 is 5.87. The highest BCUT2D eigenvalue weighted by molar-refractivity contribution is 7.89. The number of aromatic nitrogens is 2. The zero-order chi connectivity index (χ0) is 20.1. The van der Waals surface area contributed by atoms with Gasteiger partial charge in [-0.15, -0.1) is 0 Å². The molecular weight excluding hydrogens is 415 g/mol. The van der Waals surface area contributed by atoms with Crippen molar-refractivity contribution in [2.45, 2.75) is 42.4 Å². The number of aromatic amines is 1. The average molecular weight is 432 g/mol. The zero-order valence-electron chi connectivity index (χ0n) is 14.5. The van der Waals surface area contributed by atoms with Crippen LogP contribution in [0.15, 0.2) is 47.5 Å². The number of allylic oxidation sites excluding steroid dienone is 2. The second-order valence-corrected chi connectivity index (χ2v) is 9.38. The Hall–Kier alpha value is -1.84. The number of alkyl halides is 3. The molecule has 1 aromatic heterocycles. The van der Waals surface area contributed by atoms with Crippen LogP contribution in [0, 0.1) is 5.92 Å². The first-order valence-corrected chi connectivity index (χ1v) is 10.5. The summed E-state index contributed by atoms with van der Waals surface area (Å²) < 4.78 is 65.9. The van der Waals surface area contributed by atoms with E-state index < -0.39 is 28.3 Å². The SMILES string of the molecule is O=S(=O)(c1ccc(Cl)cc1)N1C2Cc3[nH]ncc3C1CC(C=CC(F)(F)F)C2. The molecule has 0 amide bonds. The second-order valence-electron chi connectivity index (χ2n) is 7.10. The van der Waals surface area contributed by atoms with E-state index in [0.717, 1.165) is 17.3 Å². The number of nitrogens with one attached hydrogen (secondary N) is 1. The van der Waals surface area contributed by atoms with Gasteiger partial charge in [0.15, 0.2) is 0 Å². The Balaban J connectivity index is 1.71. The molecule has 4 rings (SSSR count). The van der Waals surface area contributed by atoms with E-state index in [2.05, 4.69) is 10.2 Å². The van der Waals surface area contributed by atoms with E-state index in [9.17, 15) is 21.6 Å². The first-order valence-electron chi connectivity index (χ1n) is 8.72. The van der Waals surface area contributed by atoms with Crippen molar-refractivity contribution in [1.29, 1.82) is 0 Å². The number of sulfonamides is 1. The highest BCUT2D eigenvalue weighted by Crippen LogP contribution is 2.47. The number of hydrogen-bond donors (Lipinski definition) is 1. The highest BCUT2D eigenvalue weighted by Gasteiger charge is 2.47. The Labute approximate surface area is 165 Å². The fraction of sp³-hybridized carbons (Fsp3) is 0.389. The molecule has 0 aliphatic carbocycles. The minimum atomic E-state index is -4.39. The number of fused-ring (bicyclic) bond motifs is 4. The van der Waals surface area contributed by atoms with Crippen molar-refractivity contribution in [1.82, 2.24) is 14.5 Å². The van der Waals surface area contributed by atoms with Crippen molar-refractivity contribution in [3.8, 4) is 0 Å². The normalized spacial score (nSPS) is 25.8. The predicted octanol–water partition coefficient (Wildman–Crippen LogP) is 4.25. The monoisotopic (exact) mass is 431 g/mol. The van der Waals surface area contributed by atoms with Crippen LogP contribution >= 0.6 is 11.6 Å². The molecule has 5 nitrogen and oxygen atoms in total. The van der Waals surface area contributed by atoms with Gasteiger partial charge in [0.2, 0.25) is 10.0 Å². The third-order valence-electron chi connectivity index (χ3n) is 5.26. The van der Waals surface area contributed by atoms with Gasteiger partial charge in [-0.05, 0) is 43.0 Å². The molecular formula is C18H17ClF3N3O2S. The van der Waals surface area contributed by atoms with Gasteiger partial charge in [0.05, 0.1) is 17.1 Å². The van der Waals surface area contributed by atoms with Gasteiger partial charge in [-0.2, -0.15) is 22.6 Å². The number of hydrogen-bond acceptors (Lipinski definition) is 3. The van der Waals surface area contributed by atoms with E-state index in [0.29, 0.717) is 17.9 Å². The van der Waals surface area contributed by atoms with Gasteiger partial charge in [-0.1, -0.05) is 17.7 Å². The van der Waals surface area contributed by atoms with Crippen molar-refractivity contribution in [2.75, 3.05) is 0 Å². The van der Waals surface area contributed by atoms with Crippen molar-refractivity contribution in [2.24, 2.45) is 5.92 Å². The minimum Gasteiger partial charge on any atom is -0.282 e. The number of nitrogens with zero attached hydrogens (tertiary/aromatic N) is 2. The summed E-state index contributed by atoms with van der Waals surface area (Å²) in [5.74, 6) is -0.364. The van der Waals surface area contributed by atoms with Crippen molar-refractivity contribution >= 4 is 21.6 Å². The maximum Gasteiger partial charge on any atom is 0.409 e. The minimum absolute atomic E-state index is 0.114. The van der Waals surface area contributed by atoms with Crippen LogP contribution in [0.2, 0.25) is 5.02 Å². The summed E-state index contributed by atoms with van der Waals surface area (Å²) in [7, 11) is -3.84. The predicted molar refractivity (Wildman–Crippen MR) is 97.2 cm³/mol. The quantitative estimate of drug-likeness (QED) is 0.739. The lowest BCUT2D eigenvalue weighted by molar-refractivity contribution is -0.0804. The summed E-state index contributed by atoms with van der Waals surface area (Å²) in [6.45, 7) is 0. The van der Waals surface area contributed by atoms with Crippen LogP contribution in [-0.2, 0) is 16.4 Å². The van der Waals surface area contributed by atoms with E-state index in [1.165, 1.54) is 28.6 Å². The summed E-state index contributed by atoms with van der Waals surface area (Å²) in [4.78, 5) is 0.114. The lowest BCUT2D eigenvalue weighted by atomic mass is 9.79. The van der Waals surface area contributed by atoms with Crippen LogP contribution in [0.25, 0.3) is 0 Å². The molecule has 2 bridgehead atoms. The van der Waals surface area contributed by atoms with Crippen LogP contribution in [0.3, 0.4) is 0 Å². The molecule has 2 aliphatic rings. The summed E-state index contributed by atoms with van der Waals surface area (Å²) in [5, 5.41) is 7.33. The Morgan fingerprint density at radius 1 is 1.21 bits per heavy atom. The van der Waals surface area contributed by atoms with Gasteiger partial charge in [-0.25, -0.2) is 8.42 Å². The fourth-order valence-corrected chi connectivity index (χ4v) is 6.07. The lowest BCUT2D eigenvalue weighted by Crippen LogP contribution is -2.51. The van der Waals surface area contributed by atoms with Crippen LogP contribution in [0.5, 0.6) is 0 Å². The van der Waals surface area contributed by atoms with Gasteiger partial charge in [-0.3, -0.25) is 5.10 Å². The van der Waals surface area contributed by atoms with E-state index in [-0.39, 0.29) is 23.3 Å². The number of benzene rings is 1. The number of rotatable bonds is 3. The maximum atomic E-state index is 13.3. The standard InChI is InChI=1S/C18H17ClF3N3O2S/c19-12-1-3-14(4-2-12)28(26,27)25-13-7-11(5-6-18(20,21)22)8-17(25)15-10-23-24-16(15)9-13/h1-6,10-11,13,17H,7-9H2,(H,23,24). The number of piperidine rings is 1. The van der Waals surface area contributed by atoms with Crippen LogP contribution in [-0.4, -0.2) is 35.1 Å². The molecule has 3 heterocycles. The molecule has 1 N–H and O–H groups in total. The number of H-pyrrole nitrogens is 1.